The highest BCUT2D eigenvalue weighted by molar-refractivity contribution is 5.47. The van der Waals surface area contributed by atoms with Crippen LogP contribution in [-0.4, -0.2) is 4.98 Å². The van der Waals surface area contributed by atoms with Crippen LogP contribution in [0.25, 0.3) is 6.08 Å². The summed E-state index contributed by atoms with van der Waals surface area (Å²) in [5, 5.41) is 0. The molecule has 2 aromatic rings. The minimum atomic E-state index is 1.06. The molecule has 16 heavy (non-hydrogen) atoms. The molecular formula is C14H17N2+. The molecule has 1 aromatic heterocycles. The molecule has 0 amide bonds. The Labute approximate surface area is 96.3 Å². The number of hydrogen-bond acceptors (Lipinski definition) is 0. The number of aromatic amines is 1. The number of aryl methyl sites for hydroxylation is 2. The number of aromatic nitrogens is 2. The van der Waals surface area contributed by atoms with E-state index in [1.165, 1.54) is 11.1 Å². The molecule has 0 fully saturated rings. The van der Waals surface area contributed by atoms with Crippen LogP contribution in [-0.2, 0) is 13.0 Å². The third kappa shape index (κ3) is 2.83. The lowest BCUT2D eigenvalue weighted by atomic mass is 10.1. The quantitative estimate of drug-likeness (QED) is 0.737. The van der Waals surface area contributed by atoms with Crippen molar-refractivity contribution < 1.29 is 4.57 Å². The van der Waals surface area contributed by atoms with Crippen LogP contribution in [0.2, 0.25) is 0 Å². The van der Waals surface area contributed by atoms with E-state index in [2.05, 4.69) is 46.6 Å². The molecule has 0 aliphatic heterocycles. The fourth-order valence-corrected chi connectivity index (χ4v) is 1.75. The highest BCUT2D eigenvalue weighted by Gasteiger charge is 1.97. The Morgan fingerprint density at radius 3 is 2.69 bits per heavy atom. The second-order valence-electron chi connectivity index (χ2n) is 3.90. The van der Waals surface area contributed by atoms with E-state index >= 15 is 0 Å². The van der Waals surface area contributed by atoms with Gasteiger partial charge in [-0.2, -0.15) is 0 Å². The zero-order valence-electron chi connectivity index (χ0n) is 9.39. The zero-order valence-corrected chi connectivity index (χ0v) is 9.39. The van der Waals surface area contributed by atoms with Crippen molar-refractivity contribution in [3.63, 3.8) is 0 Å². The summed E-state index contributed by atoms with van der Waals surface area (Å²) in [6, 6.07) is 8.59. The van der Waals surface area contributed by atoms with Gasteiger partial charge >= 0.3 is 0 Å². The van der Waals surface area contributed by atoms with Gasteiger partial charge in [0.1, 0.15) is 12.4 Å². The van der Waals surface area contributed by atoms with Gasteiger partial charge in [0, 0.05) is 0 Å². The fraction of sp³-hybridized carbons (Fsp3) is 0.214. The molecule has 0 aliphatic carbocycles. The molecule has 0 spiro atoms. The van der Waals surface area contributed by atoms with Crippen molar-refractivity contribution in [1.29, 1.82) is 0 Å². The van der Waals surface area contributed by atoms with E-state index in [1.54, 1.807) is 0 Å². The first kappa shape index (κ1) is 10.7. The first-order valence-electron chi connectivity index (χ1n) is 5.62. The first-order chi connectivity index (χ1) is 7.88. The first-order valence-corrected chi connectivity index (χ1v) is 5.62. The summed E-state index contributed by atoms with van der Waals surface area (Å²) >= 11 is 0. The zero-order chi connectivity index (χ0) is 11.2. The second-order valence-corrected chi connectivity index (χ2v) is 3.90. The van der Waals surface area contributed by atoms with Crippen LogP contribution in [0.5, 0.6) is 0 Å². The van der Waals surface area contributed by atoms with E-state index in [-0.39, 0.29) is 0 Å². The Morgan fingerprint density at radius 2 is 2.06 bits per heavy atom. The number of benzene rings is 1. The molecule has 1 N–H and O–H groups in total. The molecule has 0 aliphatic rings. The summed E-state index contributed by atoms with van der Waals surface area (Å²) in [4.78, 5) is 3.05. The van der Waals surface area contributed by atoms with Gasteiger partial charge in [-0.15, -0.1) is 0 Å². The smallest absolute Gasteiger partial charge is 0.241 e. The van der Waals surface area contributed by atoms with E-state index in [1.807, 2.05) is 18.6 Å². The maximum Gasteiger partial charge on any atom is 0.241 e. The lowest BCUT2D eigenvalue weighted by Crippen LogP contribution is -2.30. The van der Waals surface area contributed by atoms with E-state index in [4.69, 9.17) is 0 Å². The molecule has 0 unspecified atom stereocenters. The minimum absolute atomic E-state index is 1.06. The van der Waals surface area contributed by atoms with Gasteiger partial charge < -0.3 is 0 Å². The molecule has 82 valence electrons. The van der Waals surface area contributed by atoms with Gasteiger partial charge in [-0.3, -0.25) is 4.98 Å². The Balaban J connectivity index is 1.83. The molecule has 0 saturated carbocycles. The summed E-state index contributed by atoms with van der Waals surface area (Å²) in [7, 11) is 0. The molecule has 0 saturated heterocycles. The van der Waals surface area contributed by atoms with Crippen molar-refractivity contribution in [3.05, 3.63) is 60.7 Å². The van der Waals surface area contributed by atoms with Crippen molar-refractivity contribution >= 4 is 6.08 Å². The van der Waals surface area contributed by atoms with Crippen molar-refractivity contribution in [3.8, 4) is 0 Å². The van der Waals surface area contributed by atoms with Crippen molar-refractivity contribution in [2.75, 3.05) is 0 Å². The van der Waals surface area contributed by atoms with E-state index in [0.717, 1.165) is 19.4 Å². The van der Waals surface area contributed by atoms with Crippen molar-refractivity contribution in [2.24, 2.45) is 0 Å². The Kier molecular flexibility index (Phi) is 3.54. The van der Waals surface area contributed by atoms with E-state index < -0.39 is 0 Å². The summed E-state index contributed by atoms with van der Waals surface area (Å²) in [5.41, 5.74) is 2.57. The third-order valence-corrected chi connectivity index (χ3v) is 2.70. The lowest BCUT2D eigenvalue weighted by molar-refractivity contribution is -0.696. The number of imidazole rings is 1. The minimum Gasteiger partial charge on any atom is -0.250 e. The molecular weight excluding hydrogens is 196 g/mol. The standard InChI is InChI=1S/C14H16N2/c1-2-13-5-7-14(8-6-13)4-3-10-16-11-9-15-12-16/h2,5-9,11-12H,1,3-4,10H2/p+1. The Bertz CT molecular complexity index is 426. The number of hydrogen-bond donors (Lipinski definition) is 1. The maximum atomic E-state index is 3.75. The van der Waals surface area contributed by atoms with Gasteiger partial charge in [-0.05, 0) is 24.0 Å². The number of nitrogens with zero attached hydrogens (tertiary/aromatic N) is 1. The van der Waals surface area contributed by atoms with Gasteiger partial charge in [0.2, 0.25) is 6.33 Å². The van der Waals surface area contributed by atoms with Gasteiger partial charge in [-0.1, -0.05) is 36.9 Å². The van der Waals surface area contributed by atoms with E-state index in [0.29, 0.717) is 0 Å². The monoisotopic (exact) mass is 213 g/mol. The van der Waals surface area contributed by atoms with Gasteiger partial charge in [0.15, 0.2) is 0 Å². The van der Waals surface area contributed by atoms with Crippen LogP contribution in [0.4, 0.5) is 0 Å². The van der Waals surface area contributed by atoms with Crippen molar-refractivity contribution in [1.82, 2.24) is 4.98 Å². The highest BCUT2D eigenvalue weighted by atomic mass is 15.0. The number of rotatable bonds is 5. The summed E-state index contributed by atoms with van der Waals surface area (Å²) in [5.74, 6) is 0. The molecule has 0 radical (unpaired) electrons. The van der Waals surface area contributed by atoms with Gasteiger partial charge in [-0.25, -0.2) is 4.57 Å². The molecule has 2 rings (SSSR count). The van der Waals surface area contributed by atoms with Crippen LogP contribution < -0.4 is 4.57 Å². The topological polar surface area (TPSA) is 19.7 Å². The van der Waals surface area contributed by atoms with Gasteiger partial charge in [0.25, 0.3) is 0 Å². The van der Waals surface area contributed by atoms with Crippen LogP contribution >= 0.6 is 0 Å². The SMILES string of the molecule is C=Cc1ccc(CCC[n+]2cc[nH]c2)cc1. The summed E-state index contributed by atoms with van der Waals surface area (Å²) in [6.07, 6.45) is 10.1. The average molecular weight is 213 g/mol. The molecule has 0 atom stereocenters. The predicted molar refractivity (Wildman–Crippen MR) is 65.8 cm³/mol. The molecule has 0 bridgehead atoms. The average Bonchev–Trinajstić information content (AvgIpc) is 2.83. The molecule has 1 heterocycles. The maximum absolute atomic E-state index is 3.75. The summed E-state index contributed by atoms with van der Waals surface area (Å²) in [6.45, 7) is 4.81. The van der Waals surface area contributed by atoms with Crippen LogP contribution in [0.15, 0.2) is 49.6 Å². The lowest BCUT2D eigenvalue weighted by Gasteiger charge is -2.00. The highest BCUT2D eigenvalue weighted by Crippen LogP contribution is 2.07. The largest absolute Gasteiger partial charge is 0.250 e. The number of H-pyrrole nitrogens is 1. The molecule has 1 aromatic carbocycles. The second kappa shape index (κ2) is 5.31. The van der Waals surface area contributed by atoms with Crippen LogP contribution in [0.1, 0.15) is 17.5 Å². The third-order valence-electron chi connectivity index (χ3n) is 2.70. The van der Waals surface area contributed by atoms with Gasteiger partial charge in [0.05, 0.1) is 6.54 Å². The number of nitrogens with one attached hydrogen (secondary N) is 1. The van der Waals surface area contributed by atoms with Crippen molar-refractivity contribution in [2.45, 2.75) is 19.4 Å². The Hall–Kier alpha value is -1.83. The van der Waals surface area contributed by atoms with E-state index in [9.17, 15) is 0 Å². The predicted octanol–water partition coefficient (Wildman–Crippen LogP) is 2.58. The molecule has 2 heteroatoms. The van der Waals surface area contributed by atoms with Crippen LogP contribution in [0, 0.1) is 0 Å². The normalized spacial score (nSPS) is 10.2. The summed E-state index contributed by atoms with van der Waals surface area (Å²) < 4.78 is 2.16. The fourth-order valence-electron chi connectivity index (χ4n) is 1.75. The Morgan fingerprint density at radius 1 is 1.25 bits per heavy atom. The van der Waals surface area contributed by atoms with Crippen LogP contribution in [0.3, 0.4) is 0 Å². The molecule has 2 nitrogen and oxygen atoms in total.